The molecule has 1 aromatic rings. The minimum Gasteiger partial charge on any atom is -0.301 e. The molecule has 16 heavy (non-hydrogen) atoms. The fourth-order valence-electron chi connectivity index (χ4n) is 2.21. The van der Waals surface area contributed by atoms with E-state index < -0.39 is 0 Å². The lowest BCUT2D eigenvalue weighted by molar-refractivity contribution is 0.126. The topological polar surface area (TPSA) is 19.4 Å². The number of nitrogens with zero attached hydrogens (tertiary/aromatic N) is 3. The Morgan fingerprint density at radius 3 is 2.50 bits per heavy atom. The van der Waals surface area contributed by atoms with Crippen molar-refractivity contribution in [2.75, 3.05) is 32.7 Å². The number of hydrogen-bond acceptors (Lipinski definition) is 3. The Bertz CT molecular complexity index is 291. The Morgan fingerprint density at radius 1 is 1.12 bits per heavy atom. The molecule has 0 amide bonds. The van der Waals surface area contributed by atoms with E-state index in [2.05, 4.69) is 33.8 Å². The van der Waals surface area contributed by atoms with Crippen molar-refractivity contribution in [2.24, 2.45) is 0 Å². The molecule has 88 valence electrons. The van der Waals surface area contributed by atoms with Crippen molar-refractivity contribution in [3.63, 3.8) is 0 Å². The molecule has 2 heterocycles. The zero-order valence-corrected chi connectivity index (χ0v) is 10.1. The molecule has 1 aliphatic heterocycles. The summed E-state index contributed by atoms with van der Waals surface area (Å²) in [6, 6.07) is 6.15. The van der Waals surface area contributed by atoms with Gasteiger partial charge in [0.05, 0.1) is 5.69 Å². The van der Waals surface area contributed by atoms with Gasteiger partial charge in [0, 0.05) is 38.9 Å². The van der Waals surface area contributed by atoms with Crippen LogP contribution < -0.4 is 0 Å². The largest absolute Gasteiger partial charge is 0.301 e. The van der Waals surface area contributed by atoms with E-state index in [-0.39, 0.29) is 0 Å². The van der Waals surface area contributed by atoms with Crippen molar-refractivity contribution >= 4 is 0 Å². The van der Waals surface area contributed by atoms with Crippen LogP contribution in [0.3, 0.4) is 0 Å². The van der Waals surface area contributed by atoms with Gasteiger partial charge < -0.3 is 4.90 Å². The summed E-state index contributed by atoms with van der Waals surface area (Å²) in [4.78, 5) is 9.42. The molecule has 0 radical (unpaired) electrons. The number of aromatic nitrogens is 1. The zero-order chi connectivity index (χ0) is 11.2. The lowest BCUT2D eigenvalue weighted by atomic mass is 10.2. The van der Waals surface area contributed by atoms with Crippen LogP contribution in [-0.2, 0) is 6.54 Å². The van der Waals surface area contributed by atoms with E-state index >= 15 is 0 Å². The summed E-state index contributed by atoms with van der Waals surface area (Å²) >= 11 is 0. The highest BCUT2D eigenvalue weighted by atomic mass is 15.3. The highest BCUT2D eigenvalue weighted by molar-refractivity contribution is 5.03. The highest BCUT2D eigenvalue weighted by Crippen LogP contribution is 2.06. The molecular formula is C13H21N3. The van der Waals surface area contributed by atoms with E-state index in [0.29, 0.717) is 0 Å². The number of hydrogen-bond donors (Lipinski definition) is 0. The predicted octanol–water partition coefficient (Wildman–Crippen LogP) is 1.61. The molecule has 1 saturated heterocycles. The van der Waals surface area contributed by atoms with Gasteiger partial charge in [0.25, 0.3) is 0 Å². The van der Waals surface area contributed by atoms with Crippen molar-refractivity contribution in [1.82, 2.24) is 14.8 Å². The van der Waals surface area contributed by atoms with Crippen LogP contribution in [0.5, 0.6) is 0 Å². The summed E-state index contributed by atoms with van der Waals surface area (Å²) in [6.45, 7) is 9.27. The normalized spacial score (nSPS) is 18.8. The molecule has 1 aliphatic rings. The standard InChI is InChI=1S/C13H21N3/c1-2-7-15-8-10-16(11-9-15)12-13-5-3-4-6-14-13/h3-6H,2,7-12H2,1H3. The van der Waals surface area contributed by atoms with E-state index in [4.69, 9.17) is 0 Å². The summed E-state index contributed by atoms with van der Waals surface area (Å²) in [5, 5.41) is 0. The molecule has 1 aromatic heterocycles. The van der Waals surface area contributed by atoms with Crippen molar-refractivity contribution in [3.05, 3.63) is 30.1 Å². The molecule has 0 aromatic carbocycles. The van der Waals surface area contributed by atoms with Crippen LogP contribution in [0, 0.1) is 0 Å². The highest BCUT2D eigenvalue weighted by Gasteiger charge is 2.15. The van der Waals surface area contributed by atoms with E-state index in [1.165, 1.54) is 44.8 Å². The summed E-state index contributed by atoms with van der Waals surface area (Å²) in [6.07, 6.45) is 3.14. The van der Waals surface area contributed by atoms with Gasteiger partial charge in [0.15, 0.2) is 0 Å². The van der Waals surface area contributed by atoms with Crippen LogP contribution in [0.1, 0.15) is 19.0 Å². The first-order valence-electron chi connectivity index (χ1n) is 6.23. The summed E-state index contributed by atoms with van der Waals surface area (Å²) in [5.74, 6) is 0. The first-order chi connectivity index (χ1) is 7.88. The molecule has 3 heteroatoms. The van der Waals surface area contributed by atoms with E-state index in [1.807, 2.05) is 12.3 Å². The second-order valence-corrected chi connectivity index (χ2v) is 4.44. The summed E-state index contributed by atoms with van der Waals surface area (Å²) in [5.41, 5.74) is 1.19. The fourth-order valence-corrected chi connectivity index (χ4v) is 2.21. The Kier molecular flexibility index (Phi) is 4.31. The average Bonchev–Trinajstić information content (AvgIpc) is 2.33. The van der Waals surface area contributed by atoms with Crippen LogP contribution in [0.2, 0.25) is 0 Å². The van der Waals surface area contributed by atoms with Crippen molar-refractivity contribution in [2.45, 2.75) is 19.9 Å². The quantitative estimate of drug-likeness (QED) is 0.767. The molecule has 0 spiro atoms. The third kappa shape index (κ3) is 3.29. The van der Waals surface area contributed by atoms with Gasteiger partial charge in [-0.15, -0.1) is 0 Å². The van der Waals surface area contributed by atoms with Crippen LogP contribution in [0.4, 0.5) is 0 Å². The maximum atomic E-state index is 4.37. The van der Waals surface area contributed by atoms with Crippen LogP contribution in [0.15, 0.2) is 24.4 Å². The van der Waals surface area contributed by atoms with Gasteiger partial charge in [-0.25, -0.2) is 0 Å². The third-order valence-electron chi connectivity index (χ3n) is 3.12. The number of piperazine rings is 1. The molecule has 0 aliphatic carbocycles. The Labute approximate surface area is 98.1 Å². The molecule has 0 unspecified atom stereocenters. The van der Waals surface area contributed by atoms with E-state index in [9.17, 15) is 0 Å². The lowest BCUT2D eigenvalue weighted by Crippen LogP contribution is -2.46. The Balaban J connectivity index is 1.77. The molecule has 0 bridgehead atoms. The van der Waals surface area contributed by atoms with Crippen molar-refractivity contribution in [1.29, 1.82) is 0 Å². The molecule has 2 rings (SSSR count). The van der Waals surface area contributed by atoms with E-state index in [1.54, 1.807) is 0 Å². The molecule has 0 saturated carbocycles. The summed E-state index contributed by atoms with van der Waals surface area (Å²) < 4.78 is 0. The van der Waals surface area contributed by atoms with Gasteiger partial charge in [-0.2, -0.15) is 0 Å². The Hall–Kier alpha value is -0.930. The first kappa shape index (κ1) is 11.6. The third-order valence-corrected chi connectivity index (χ3v) is 3.12. The second-order valence-electron chi connectivity index (χ2n) is 4.44. The molecule has 0 atom stereocenters. The minimum absolute atomic E-state index is 1.00. The first-order valence-corrected chi connectivity index (χ1v) is 6.23. The number of rotatable bonds is 4. The maximum absolute atomic E-state index is 4.37. The SMILES string of the molecule is CCCN1CCN(Cc2ccccn2)CC1. The number of pyridine rings is 1. The van der Waals surface area contributed by atoms with Crippen molar-refractivity contribution < 1.29 is 0 Å². The zero-order valence-electron chi connectivity index (χ0n) is 10.1. The van der Waals surface area contributed by atoms with Gasteiger partial charge in [-0.3, -0.25) is 9.88 Å². The van der Waals surface area contributed by atoms with Crippen LogP contribution in [-0.4, -0.2) is 47.5 Å². The van der Waals surface area contributed by atoms with Gasteiger partial charge in [0.2, 0.25) is 0 Å². The van der Waals surface area contributed by atoms with Gasteiger partial charge in [0.1, 0.15) is 0 Å². The molecule has 1 fully saturated rings. The average molecular weight is 219 g/mol. The summed E-state index contributed by atoms with van der Waals surface area (Å²) in [7, 11) is 0. The fraction of sp³-hybridized carbons (Fsp3) is 0.615. The van der Waals surface area contributed by atoms with Crippen molar-refractivity contribution in [3.8, 4) is 0 Å². The van der Waals surface area contributed by atoms with Gasteiger partial charge in [-0.05, 0) is 25.1 Å². The van der Waals surface area contributed by atoms with Gasteiger partial charge >= 0.3 is 0 Å². The minimum atomic E-state index is 1.00. The Morgan fingerprint density at radius 2 is 1.88 bits per heavy atom. The smallest absolute Gasteiger partial charge is 0.0543 e. The lowest BCUT2D eigenvalue weighted by Gasteiger charge is -2.34. The molecule has 0 N–H and O–H groups in total. The molecular weight excluding hydrogens is 198 g/mol. The monoisotopic (exact) mass is 219 g/mol. The molecule has 3 nitrogen and oxygen atoms in total. The second kappa shape index (κ2) is 5.97. The maximum Gasteiger partial charge on any atom is 0.0543 e. The van der Waals surface area contributed by atoms with E-state index in [0.717, 1.165) is 6.54 Å². The van der Waals surface area contributed by atoms with Crippen LogP contribution >= 0.6 is 0 Å². The van der Waals surface area contributed by atoms with Gasteiger partial charge in [-0.1, -0.05) is 13.0 Å². The van der Waals surface area contributed by atoms with Crippen LogP contribution in [0.25, 0.3) is 0 Å². The predicted molar refractivity (Wildman–Crippen MR) is 66.2 cm³/mol.